The van der Waals surface area contributed by atoms with E-state index < -0.39 is 5.54 Å². The van der Waals surface area contributed by atoms with Gasteiger partial charge in [-0.15, -0.1) is 0 Å². The summed E-state index contributed by atoms with van der Waals surface area (Å²) in [5.74, 6) is 0.350. The highest BCUT2D eigenvalue weighted by Crippen LogP contribution is 2.40. The van der Waals surface area contributed by atoms with E-state index in [-0.39, 0.29) is 6.03 Å². The number of urea groups is 1. The smallest absolute Gasteiger partial charge is 0.311 e. The third kappa shape index (κ3) is 1.53. The molecule has 1 atom stereocenters. The maximum absolute atomic E-state index is 12.3. The molecule has 2 bridgehead atoms. The number of hydrogen-bond donors (Lipinski definition) is 1. The van der Waals surface area contributed by atoms with Crippen LogP contribution >= 0.6 is 11.6 Å². The largest absolute Gasteiger partial charge is 0.326 e. The van der Waals surface area contributed by atoms with Crippen LogP contribution in [0.15, 0.2) is 18.2 Å². The number of fused-ring (bicyclic) bond motifs is 4. The van der Waals surface area contributed by atoms with Crippen molar-refractivity contribution in [1.29, 1.82) is 5.41 Å². The third-order valence-electron chi connectivity index (χ3n) is 4.34. The summed E-state index contributed by atoms with van der Waals surface area (Å²) in [4.78, 5) is 15.5. The van der Waals surface area contributed by atoms with Crippen LogP contribution < -0.4 is 0 Å². The fraction of sp³-hybridized carbons (Fsp3) is 0.429. The zero-order valence-electron chi connectivity index (χ0n) is 11.0. The van der Waals surface area contributed by atoms with Crippen molar-refractivity contribution in [2.24, 2.45) is 0 Å². The second kappa shape index (κ2) is 3.97. The lowest BCUT2D eigenvalue weighted by Gasteiger charge is -2.33. The Morgan fingerprint density at radius 1 is 1.42 bits per heavy atom. The molecule has 0 aromatic heterocycles. The zero-order valence-corrected chi connectivity index (χ0v) is 11.8. The van der Waals surface area contributed by atoms with Gasteiger partial charge < -0.3 is 4.90 Å². The Bertz CT molecular complexity index is 586. The van der Waals surface area contributed by atoms with Crippen molar-refractivity contribution in [2.45, 2.75) is 25.3 Å². The first-order chi connectivity index (χ1) is 8.96. The van der Waals surface area contributed by atoms with E-state index in [2.05, 4.69) is 0 Å². The van der Waals surface area contributed by atoms with E-state index in [0.29, 0.717) is 17.4 Å². The third-order valence-corrected chi connectivity index (χ3v) is 4.58. The number of aryl methyl sites for hydroxylation is 1. The summed E-state index contributed by atoms with van der Waals surface area (Å²) in [7, 11) is 1.76. The van der Waals surface area contributed by atoms with Crippen LogP contribution in [0.2, 0.25) is 5.02 Å². The zero-order chi connectivity index (χ0) is 13.8. The van der Waals surface area contributed by atoms with Crippen molar-refractivity contribution in [3.8, 4) is 0 Å². The first-order valence-corrected chi connectivity index (χ1v) is 6.77. The average molecular weight is 278 g/mol. The van der Waals surface area contributed by atoms with Crippen molar-refractivity contribution in [3.05, 3.63) is 34.3 Å². The quantitative estimate of drug-likeness (QED) is 0.779. The molecule has 2 heterocycles. The summed E-state index contributed by atoms with van der Waals surface area (Å²) in [6.07, 6.45) is 1.78. The predicted octanol–water partition coefficient (Wildman–Crippen LogP) is 2.85. The summed E-state index contributed by atoms with van der Waals surface area (Å²) >= 11 is 6.11. The van der Waals surface area contributed by atoms with E-state index in [1.165, 1.54) is 5.56 Å². The van der Waals surface area contributed by atoms with Gasteiger partial charge in [-0.2, -0.15) is 0 Å². The standard InChI is InChI=1S/C14H16ClN3O/c1-14-11-8-10(15)6-5-9(11)4-3-7-18(12(14)16)13(19)17(14)2/h5-6,8,16H,3-4,7H2,1-2H3. The van der Waals surface area contributed by atoms with Crippen molar-refractivity contribution < 1.29 is 4.79 Å². The molecule has 100 valence electrons. The maximum atomic E-state index is 12.3. The second-order valence-electron chi connectivity index (χ2n) is 5.32. The van der Waals surface area contributed by atoms with E-state index in [0.717, 1.165) is 18.4 Å². The Morgan fingerprint density at radius 3 is 2.89 bits per heavy atom. The van der Waals surface area contributed by atoms with Crippen LogP contribution in [0.4, 0.5) is 4.79 Å². The minimum atomic E-state index is -0.711. The summed E-state index contributed by atoms with van der Waals surface area (Å²) in [5, 5.41) is 9.03. The number of hydrogen-bond acceptors (Lipinski definition) is 2. The van der Waals surface area contributed by atoms with Gasteiger partial charge in [0.1, 0.15) is 11.4 Å². The van der Waals surface area contributed by atoms with Gasteiger partial charge in [0, 0.05) is 18.6 Å². The van der Waals surface area contributed by atoms with Gasteiger partial charge in [-0.3, -0.25) is 10.3 Å². The Balaban J connectivity index is 2.27. The lowest BCUT2D eigenvalue weighted by atomic mass is 9.84. The molecular formula is C14H16ClN3O. The molecule has 1 unspecified atom stereocenters. The van der Waals surface area contributed by atoms with Gasteiger partial charge in [-0.05, 0) is 43.0 Å². The van der Waals surface area contributed by atoms with Gasteiger partial charge in [0.05, 0.1) is 0 Å². The monoisotopic (exact) mass is 277 g/mol. The van der Waals surface area contributed by atoms with Gasteiger partial charge in [0.2, 0.25) is 0 Å². The Hall–Kier alpha value is -1.55. The SMILES string of the molecule is CN1C(=O)N2CCCc3ccc(Cl)cc3C1(C)C2=N. The number of nitrogens with zero attached hydrogens (tertiary/aromatic N) is 2. The van der Waals surface area contributed by atoms with Crippen molar-refractivity contribution in [3.63, 3.8) is 0 Å². The van der Waals surface area contributed by atoms with Crippen molar-refractivity contribution >= 4 is 23.5 Å². The molecule has 1 saturated heterocycles. The Kier molecular flexibility index (Phi) is 2.61. The number of rotatable bonds is 0. The number of amides is 2. The number of carbonyl (C=O) groups excluding carboxylic acids is 1. The van der Waals surface area contributed by atoms with Gasteiger partial charge >= 0.3 is 6.03 Å². The predicted molar refractivity (Wildman–Crippen MR) is 74.7 cm³/mol. The van der Waals surface area contributed by atoms with E-state index >= 15 is 0 Å². The first-order valence-electron chi connectivity index (χ1n) is 6.39. The van der Waals surface area contributed by atoms with Crippen LogP contribution in [-0.4, -0.2) is 35.3 Å². The summed E-state index contributed by atoms with van der Waals surface area (Å²) in [6, 6.07) is 5.69. The topological polar surface area (TPSA) is 47.4 Å². The van der Waals surface area contributed by atoms with Crippen molar-refractivity contribution in [2.75, 3.05) is 13.6 Å². The molecule has 2 amide bonds. The maximum Gasteiger partial charge on any atom is 0.326 e. The number of carbonyl (C=O) groups is 1. The second-order valence-corrected chi connectivity index (χ2v) is 5.76. The highest BCUT2D eigenvalue weighted by atomic mass is 35.5. The molecule has 1 fully saturated rings. The summed E-state index contributed by atoms with van der Waals surface area (Å²) < 4.78 is 0. The number of benzene rings is 1. The molecule has 5 heteroatoms. The lowest BCUT2D eigenvalue weighted by molar-refractivity contribution is 0.184. The molecule has 0 radical (unpaired) electrons. The molecule has 2 aliphatic rings. The number of nitrogens with one attached hydrogen (secondary N) is 1. The molecule has 0 spiro atoms. The molecular weight excluding hydrogens is 262 g/mol. The van der Waals surface area contributed by atoms with E-state index in [9.17, 15) is 4.79 Å². The van der Waals surface area contributed by atoms with E-state index in [4.69, 9.17) is 17.0 Å². The molecule has 4 nitrogen and oxygen atoms in total. The summed E-state index contributed by atoms with van der Waals surface area (Å²) in [5.41, 5.74) is 1.44. The van der Waals surface area contributed by atoms with E-state index in [1.54, 1.807) is 16.8 Å². The van der Waals surface area contributed by atoms with Crippen LogP contribution in [0.3, 0.4) is 0 Å². The van der Waals surface area contributed by atoms with Gasteiger partial charge in [0.25, 0.3) is 0 Å². The highest BCUT2D eigenvalue weighted by molar-refractivity contribution is 6.30. The van der Waals surface area contributed by atoms with Gasteiger partial charge in [-0.1, -0.05) is 17.7 Å². The van der Waals surface area contributed by atoms with Crippen LogP contribution in [0, 0.1) is 5.41 Å². The minimum absolute atomic E-state index is 0.0969. The number of halogens is 1. The Labute approximate surface area is 117 Å². The fourth-order valence-electron chi connectivity index (χ4n) is 3.05. The molecule has 0 saturated carbocycles. The first kappa shape index (κ1) is 12.5. The van der Waals surface area contributed by atoms with Gasteiger partial charge in [0.15, 0.2) is 0 Å². The van der Waals surface area contributed by atoms with E-state index in [1.807, 2.05) is 25.1 Å². The Morgan fingerprint density at radius 2 is 2.16 bits per heavy atom. The molecule has 3 rings (SSSR count). The normalized spacial score (nSPS) is 26.3. The lowest BCUT2D eigenvalue weighted by Crippen LogP contribution is -2.43. The molecule has 2 aliphatic heterocycles. The molecule has 1 aromatic carbocycles. The van der Waals surface area contributed by atoms with Crippen LogP contribution in [-0.2, 0) is 12.0 Å². The fourth-order valence-corrected chi connectivity index (χ4v) is 3.22. The van der Waals surface area contributed by atoms with Crippen molar-refractivity contribution in [1.82, 2.24) is 9.80 Å². The van der Waals surface area contributed by atoms with Crippen LogP contribution in [0.5, 0.6) is 0 Å². The summed E-state index contributed by atoms with van der Waals surface area (Å²) in [6.45, 7) is 2.54. The highest BCUT2D eigenvalue weighted by Gasteiger charge is 2.52. The van der Waals surface area contributed by atoms with Gasteiger partial charge in [-0.25, -0.2) is 4.79 Å². The molecule has 1 N–H and O–H groups in total. The molecule has 0 aliphatic carbocycles. The number of amidine groups is 1. The average Bonchev–Trinajstić information content (AvgIpc) is 2.57. The van der Waals surface area contributed by atoms with Crippen LogP contribution in [0.25, 0.3) is 0 Å². The molecule has 1 aromatic rings. The minimum Gasteiger partial charge on any atom is -0.311 e. The molecule has 19 heavy (non-hydrogen) atoms. The number of likely N-dealkylation sites (N-methyl/N-ethyl adjacent to an activating group) is 1. The van der Waals surface area contributed by atoms with Crippen LogP contribution in [0.1, 0.15) is 24.5 Å².